The maximum Gasteiger partial charge on any atom is 0.299 e. The van der Waals surface area contributed by atoms with Crippen molar-refractivity contribution in [1.82, 2.24) is 14.1 Å². The number of fused-ring (bicyclic) bond motifs is 8. The van der Waals surface area contributed by atoms with Gasteiger partial charge in [-0.15, -0.1) is 11.3 Å². The fourth-order valence-corrected chi connectivity index (χ4v) is 10.1. The lowest BCUT2D eigenvalue weighted by Gasteiger charge is -2.49. The van der Waals surface area contributed by atoms with Crippen LogP contribution in [0.1, 0.15) is 43.2 Å². The Kier molecular flexibility index (Phi) is 6.42. The van der Waals surface area contributed by atoms with Crippen LogP contribution in [-0.2, 0) is 18.0 Å². The highest BCUT2D eigenvalue weighted by Gasteiger charge is 2.52. The standard InChI is InChI=1S/C47H36N4O2S/c1-46(2)36-20-12-13-21-37(36)47(3,51(29-15-7-5-8-16-29)30-17-9-6-10-18-30)43-34-25-42(52-45(34)53-44(43)46)50-39-22-14-11-19-31(39)32-24-41-33(23-40(32)50)35(27-54-41)38-26-49(4)28-48-38/h5-28H,1-4H3. The summed E-state index contributed by atoms with van der Waals surface area (Å²) >= 11 is 1.76. The number of thiophene rings is 1. The first-order chi connectivity index (χ1) is 26.3. The van der Waals surface area contributed by atoms with E-state index in [0.29, 0.717) is 5.78 Å². The van der Waals surface area contributed by atoms with Crippen molar-refractivity contribution in [2.24, 2.45) is 7.05 Å². The molecule has 0 aliphatic heterocycles. The van der Waals surface area contributed by atoms with Crippen LogP contribution in [0.15, 0.2) is 154 Å². The average Bonchev–Trinajstić information content (AvgIpc) is 4.02. The number of imidazole rings is 1. The molecule has 262 valence electrons. The first-order valence-electron chi connectivity index (χ1n) is 18.3. The van der Waals surface area contributed by atoms with Crippen molar-refractivity contribution in [3.8, 4) is 17.1 Å². The van der Waals surface area contributed by atoms with Crippen LogP contribution < -0.4 is 4.90 Å². The smallest absolute Gasteiger partial charge is 0.299 e. The highest BCUT2D eigenvalue weighted by molar-refractivity contribution is 7.17. The van der Waals surface area contributed by atoms with E-state index >= 15 is 0 Å². The maximum absolute atomic E-state index is 7.00. The third kappa shape index (κ3) is 4.18. The topological polar surface area (TPSA) is 52.3 Å². The third-order valence-corrected chi connectivity index (χ3v) is 12.5. The van der Waals surface area contributed by atoms with E-state index in [2.05, 4.69) is 169 Å². The Morgan fingerprint density at radius 1 is 0.667 bits per heavy atom. The molecule has 0 spiro atoms. The van der Waals surface area contributed by atoms with Gasteiger partial charge in [-0.2, -0.15) is 0 Å². The van der Waals surface area contributed by atoms with Crippen LogP contribution in [0, 0.1) is 0 Å². The van der Waals surface area contributed by atoms with E-state index in [-0.39, 0.29) is 0 Å². The molecule has 1 unspecified atom stereocenters. The van der Waals surface area contributed by atoms with Crippen LogP contribution in [0.5, 0.6) is 0 Å². The summed E-state index contributed by atoms with van der Waals surface area (Å²) in [5.74, 6) is 2.17. The molecule has 11 rings (SSSR count). The van der Waals surface area contributed by atoms with Crippen molar-refractivity contribution in [1.29, 1.82) is 0 Å². The second-order valence-electron chi connectivity index (χ2n) is 15.1. The summed E-state index contributed by atoms with van der Waals surface area (Å²) in [6.45, 7) is 6.87. The van der Waals surface area contributed by atoms with Crippen molar-refractivity contribution in [3.63, 3.8) is 0 Å². The molecule has 10 aromatic rings. The second-order valence-corrected chi connectivity index (χ2v) is 16.0. The normalized spacial score (nSPS) is 16.4. The van der Waals surface area contributed by atoms with E-state index in [9.17, 15) is 0 Å². The molecule has 6 nitrogen and oxygen atoms in total. The van der Waals surface area contributed by atoms with Crippen molar-refractivity contribution < 1.29 is 8.83 Å². The number of hydrogen-bond acceptors (Lipinski definition) is 5. The summed E-state index contributed by atoms with van der Waals surface area (Å²) in [6, 6.07) is 45.7. The number of aryl methyl sites for hydroxylation is 1. The van der Waals surface area contributed by atoms with E-state index in [1.54, 1.807) is 11.3 Å². The molecule has 0 amide bonds. The molecule has 1 aliphatic carbocycles. The maximum atomic E-state index is 7.00. The molecule has 7 heteroatoms. The fourth-order valence-electron chi connectivity index (χ4n) is 9.15. The van der Waals surface area contributed by atoms with Crippen molar-refractivity contribution in [3.05, 3.63) is 168 Å². The summed E-state index contributed by atoms with van der Waals surface area (Å²) in [7, 11) is 2.01. The first kappa shape index (κ1) is 31.2. The van der Waals surface area contributed by atoms with Gasteiger partial charge in [-0.3, -0.25) is 4.57 Å². The van der Waals surface area contributed by atoms with Gasteiger partial charge in [0.2, 0.25) is 5.88 Å². The highest BCUT2D eigenvalue weighted by atomic mass is 32.1. The fraction of sp³-hybridized carbons (Fsp3) is 0.128. The average molecular weight is 721 g/mol. The second kappa shape index (κ2) is 11.1. The summed E-state index contributed by atoms with van der Waals surface area (Å²) in [4.78, 5) is 7.17. The van der Waals surface area contributed by atoms with Gasteiger partial charge in [0.1, 0.15) is 5.76 Å². The van der Waals surface area contributed by atoms with Gasteiger partial charge in [-0.05, 0) is 74.4 Å². The summed E-state index contributed by atoms with van der Waals surface area (Å²) in [5, 5.41) is 6.73. The molecule has 5 aromatic carbocycles. The van der Waals surface area contributed by atoms with Gasteiger partial charge < -0.3 is 18.3 Å². The van der Waals surface area contributed by atoms with Gasteiger partial charge in [-0.1, -0.05) is 78.9 Å². The zero-order valence-electron chi connectivity index (χ0n) is 30.4. The molecule has 5 heterocycles. The minimum Gasteiger partial charge on any atom is -0.429 e. The minimum absolute atomic E-state index is 0.411. The molecule has 5 aromatic heterocycles. The van der Waals surface area contributed by atoms with Gasteiger partial charge in [0.05, 0.1) is 34.0 Å². The Hall–Kier alpha value is -6.31. The number of furan rings is 2. The number of rotatable bonds is 5. The number of benzene rings is 5. The van der Waals surface area contributed by atoms with Crippen LogP contribution in [-0.4, -0.2) is 14.1 Å². The van der Waals surface area contributed by atoms with E-state index in [0.717, 1.165) is 56.3 Å². The summed E-state index contributed by atoms with van der Waals surface area (Å²) < 4.78 is 19.4. The van der Waals surface area contributed by atoms with Gasteiger partial charge in [0.15, 0.2) is 0 Å². The molecule has 0 radical (unpaired) electrons. The van der Waals surface area contributed by atoms with E-state index in [1.165, 1.54) is 32.0 Å². The minimum atomic E-state index is -0.669. The van der Waals surface area contributed by atoms with Crippen LogP contribution in [0.4, 0.5) is 11.4 Å². The molecule has 1 aliphatic rings. The molecule has 0 saturated carbocycles. The Morgan fingerprint density at radius 2 is 1.35 bits per heavy atom. The predicted molar refractivity (Wildman–Crippen MR) is 220 cm³/mol. The van der Waals surface area contributed by atoms with Crippen molar-refractivity contribution in [2.45, 2.75) is 31.7 Å². The lowest BCUT2D eigenvalue weighted by atomic mass is 9.64. The SMILES string of the molecule is Cn1cnc(-c2csc3cc4c5ccccc5n(-c5cc6c7c(oc6o5)C(C)(C)c5ccccc5C7(C)N(c5ccccc5)c5ccccc5)c4cc23)c1. The van der Waals surface area contributed by atoms with Crippen LogP contribution in [0.3, 0.4) is 0 Å². The van der Waals surface area contributed by atoms with Crippen LogP contribution in [0.2, 0.25) is 0 Å². The number of hydrogen-bond donors (Lipinski definition) is 0. The molecule has 54 heavy (non-hydrogen) atoms. The van der Waals surface area contributed by atoms with E-state index in [4.69, 9.17) is 13.8 Å². The Bertz CT molecular complexity index is 3030. The lowest BCUT2D eigenvalue weighted by molar-refractivity contribution is 0.372. The monoisotopic (exact) mass is 720 g/mol. The summed E-state index contributed by atoms with van der Waals surface area (Å²) in [6.07, 6.45) is 3.94. The van der Waals surface area contributed by atoms with E-state index in [1.807, 2.05) is 17.9 Å². The Balaban J connectivity index is 1.20. The zero-order chi connectivity index (χ0) is 36.3. The molecule has 0 N–H and O–H groups in total. The Labute approximate surface area is 316 Å². The van der Waals surface area contributed by atoms with Gasteiger partial charge in [-0.25, -0.2) is 4.98 Å². The van der Waals surface area contributed by atoms with Crippen molar-refractivity contribution >= 4 is 65.8 Å². The van der Waals surface area contributed by atoms with E-state index < -0.39 is 11.0 Å². The number of para-hydroxylation sites is 3. The third-order valence-electron chi connectivity index (χ3n) is 11.6. The molecule has 0 bridgehead atoms. The predicted octanol–water partition coefficient (Wildman–Crippen LogP) is 12.5. The number of anilines is 2. The summed E-state index contributed by atoms with van der Waals surface area (Å²) in [5.41, 5.74) is 8.95. The van der Waals surface area contributed by atoms with Gasteiger partial charge in [0, 0.05) is 73.5 Å². The molecule has 0 saturated heterocycles. The van der Waals surface area contributed by atoms with Crippen LogP contribution in [0.25, 0.3) is 60.2 Å². The first-order valence-corrected chi connectivity index (χ1v) is 19.2. The number of aromatic nitrogens is 3. The molecular formula is C47H36N4O2S. The Morgan fingerprint density at radius 3 is 2.07 bits per heavy atom. The zero-order valence-corrected chi connectivity index (χ0v) is 31.2. The molecular weight excluding hydrogens is 685 g/mol. The molecule has 0 fully saturated rings. The lowest BCUT2D eigenvalue weighted by Crippen LogP contribution is -2.48. The van der Waals surface area contributed by atoms with Crippen LogP contribution >= 0.6 is 11.3 Å². The van der Waals surface area contributed by atoms with Crippen molar-refractivity contribution in [2.75, 3.05) is 4.90 Å². The molecule has 1 atom stereocenters. The largest absolute Gasteiger partial charge is 0.429 e. The quantitative estimate of drug-likeness (QED) is 0.178. The highest BCUT2D eigenvalue weighted by Crippen LogP contribution is 2.57. The van der Waals surface area contributed by atoms with Gasteiger partial charge in [0.25, 0.3) is 5.78 Å². The number of nitrogens with zero attached hydrogens (tertiary/aromatic N) is 4. The van der Waals surface area contributed by atoms with Gasteiger partial charge >= 0.3 is 0 Å².